The normalized spacial score (nSPS) is 17.2. The number of methoxy groups -OCH3 is 1. The fourth-order valence-electron chi connectivity index (χ4n) is 4.07. The Morgan fingerprint density at radius 2 is 1.62 bits per heavy atom. The van der Waals surface area contributed by atoms with Crippen molar-refractivity contribution in [2.75, 3.05) is 18.6 Å². The Kier molecular flexibility index (Phi) is 7.13. The molecule has 1 aliphatic heterocycles. The number of carbonyl (C=O) groups is 2. The van der Waals surface area contributed by atoms with E-state index in [1.807, 2.05) is 37.3 Å². The summed E-state index contributed by atoms with van der Waals surface area (Å²) in [6.45, 7) is 2.01. The molecule has 1 unspecified atom stereocenters. The van der Waals surface area contributed by atoms with Crippen LogP contribution in [-0.2, 0) is 10.2 Å². The van der Waals surface area contributed by atoms with Gasteiger partial charge in [0, 0.05) is 5.02 Å². The molecule has 11 heteroatoms. The fraction of sp³-hybridized carbons (Fsp3) is 0.192. The number of rotatable bonds is 4. The Morgan fingerprint density at radius 3 is 2.19 bits per heavy atom. The van der Waals surface area contributed by atoms with Crippen molar-refractivity contribution >= 4 is 35.1 Å². The van der Waals surface area contributed by atoms with E-state index >= 15 is 0 Å². The lowest BCUT2D eigenvalue weighted by molar-refractivity contribution is -0.274. The number of benzene rings is 3. The molecule has 3 aromatic rings. The molecule has 3 aromatic carbocycles. The predicted molar refractivity (Wildman–Crippen MR) is 132 cm³/mol. The maximum atomic E-state index is 13.6. The van der Waals surface area contributed by atoms with E-state index in [2.05, 4.69) is 9.84 Å². The third-order valence-electron chi connectivity index (χ3n) is 5.84. The maximum absolute atomic E-state index is 13.6. The molecule has 0 fully saturated rings. The summed E-state index contributed by atoms with van der Waals surface area (Å²) in [5.41, 5.74) is 1.41. The molecule has 0 saturated heterocycles. The van der Waals surface area contributed by atoms with Crippen LogP contribution < -0.4 is 9.64 Å². The Balaban J connectivity index is 1.72. The van der Waals surface area contributed by atoms with E-state index in [4.69, 9.17) is 16.3 Å². The molecule has 1 aliphatic rings. The Labute approximate surface area is 215 Å². The lowest BCUT2D eigenvalue weighted by Gasteiger charge is -2.28. The van der Waals surface area contributed by atoms with Crippen molar-refractivity contribution < 1.29 is 32.2 Å². The van der Waals surface area contributed by atoms with Crippen molar-refractivity contribution in [2.45, 2.75) is 18.7 Å². The van der Waals surface area contributed by atoms with Gasteiger partial charge < -0.3 is 9.47 Å². The number of hydrogen-bond acceptors (Lipinski definition) is 5. The van der Waals surface area contributed by atoms with Crippen LogP contribution in [0, 0.1) is 0 Å². The average Bonchev–Trinajstić information content (AvgIpc) is 3.24. The second kappa shape index (κ2) is 10.1. The summed E-state index contributed by atoms with van der Waals surface area (Å²) in [5, 5.41) is 6.25. The Morgan fingerprint density at radius 1 is 1.00 bits per heavy atom. The summed E-state index contributed by atoms with van der Waals surface area (Å²) >= 11 is 6.06. The fourth-order valence-corrected chi connectivity index (χ4v) is 4.19. The summed E-state index contributed by atoms with van der Waals surface area (Å²) in [4.78, 5) is 26.9. The van der Waals surface area contributed by atoms with Gasteiger partial charge in [0.15, 0.2) is 0 Å². The Hall–Kier alpha value is -4.05. The molecule has 0 radical (unpaired) electrons. The highest BCUT2D eigenvalue weighted by Crippen LogP contribution is 2.36. The van der Waals surface area contributed by atoms with Crippen LogP contribution >= 0.6 is 11.6 Å². The van der Waals surface area contributed by atoms with Crippen molar-refractivity contribution in [3.63, 3.8) is 0 Å². The highest BCUT2D eigenvalue weighted by molar-refractivity contribution is 6.30. The number of alkyl halides is 3. The van der Waals surface area contributed by atoms with E-state index in [0.29, 0.717) is 15.6 Å². The number of nitrogens with zero attached hydrogens (tertiary/aromatic N) is 3. The molecule has 3 amide bonds. The summed E-state index contributed by atoms with van der Waals surface area (Å²) in [6.07, 6.45) is -5.92. The molecule has 1 heterocycles. The van der Waals surface area contributed by atoms with Gasteiger partial charge in [0.05, 0.1) is 30.5 Å². The zero-order valence-corrected chi connectivity index (χ0v) is 20.5. The molecule has 0 aromatic heterocycles. The molecule has 4 rings (SSSR count). The number of imide groups is 1. The number of halogens is 4. The summed E-state index contributed by atoms with van der Waals surface area (Å²) in [7, 11) is 1.09. The summed E-state index contributed by atoms with van der Waals surface area (Å²) in [6, 6.07) is 19.9. The molecular weight excluding hydrogens is 511 g/mol. The smallest absolute Gasteiger partial charge is 0.452 e. The third kappa shape index (κ3) is 5.54. The number of anilines is 1. The van der Waals surface area contributed by atoms with Gasteiger partial charge in [-0.15, -0.1) is 13.2 Å². The monoisotopic (exact) mass is 531 g/mol. The number of carbonyl (C=O) groups excluding carboxylic acids is 2. The van der Waals surface area contributed by atoms with Crippen molar-refractivity contribution in [3.05, 3.63) is 95.0 Å². The number of ether oxygens (including phenoxy) is 2. The molecule has 0 bridgehead atoms. The molecule has 192 valence electrons. The second-order valence-corrected chi connectivity index (χ2v) is 8.78. The summed E-state index contributed by atoms with van der Waals surface area (Å²) in [5.74, 6) is -0.505. The van der Waals surface area contributed by atoms with Gasteiger partial charge in [0.25, 0.3) is 0 Å². The molecule has 0 aliphatic carbocycles. The van der Waals surface area contributed by atoms with E-state index in [1.165, 1.54) is 0 Å². The standard InChI is InChI=1S/C26H21ClF3N3O4/c1-25(18-6-4-3-5-7-18)16-32(31-22(25)17-8-10-19(27)11-9-17)23(34)33(24(35)36-2)20-12-14-21(15-13-20)37-26(28,29)30/h3-15H,16H2,1-2H3. The van der Waals surface area contributed by atoms with Gasteiger partial charge in [-0.2, -0.15) is 10.0 Å². The molecule has 0 spiro atoms. The minimum atomic E-state index is -4.89. The van der Waals surface area contributed by atoms with Crippen LogP contribution in [0.5, 0.6) is 5.75 Å². The van der Waals surface area contributed by atoms with Crippen LogP contribution in [0.1, 0.15) is 18.1 Å². The van der Waals surface area contributed by atoms with Crippen LogP contribution in [0.2, 0.25) is 5.02 Å². The van der Waals surface area contributed by atoms with Crippen molar-refractivity contribution in [3.8, 4) is 5.75 Å². The Bertz CT molecular complexity index is 1320. The van der Waals surface area contributed by atoms with Crippen LogP contribution in [0.4, 0.5) is 28.4 Å². The molecule has 0 N–H and O–H groups in total. The van der Waals surface area contributed by atoms with Crippen LogP contribution in [0.15, 0.2) is 84.0 Å². The first kappa shape index (κ1) is 26.0. The molecule has 37 heavy (non-hydrogen) atoms. The van der Waals surface area contributed by atoms with E-state index in [0.717, 1.165) is 47.5 Å². The quantitative estimate of drug-likeness (QED) is 0.380. The number of urea groups is 1. The highest BCUT2D eigenvalue weighted by atomic mass is 35.5. The lowest BCUT2D eigenvalue weighted by atomic mass is 9.76. The van der Waals surface area contributed by atoms with Gasteiger partial charge in [-0.3, -0.25) is 0 Å². The lowest BCUT2D eigenvalue weighted by Crippen LogP contribution is -2.46. The minimum absolute atomic E-state index is 0.0251. The van der Waals surface area contributed by atoms with E-state index in [-0.39, 0.29) is 12.2 Å². The van der Waals surface area contributed by atoms with Gasteiger partial charge in [0.1, 0.15) is 5.75 Å². The summed E-state index contributed by atoms with van der Waals surface area (Å²) < 4.78 is 46.3. The average molecular weight is 532 g/mol. The van der Waals surface area contributed by atoms with E-state index < -0.39 is 29.7 Å². The van der Waals surface area contributed by atoms with Gasteiger partial charge >= 0.3 is 18.5 Å². The van der Waals surface area contributed by atoms with Crippen molar-refractivity contribution in [1.82, 2.24) is 5.01 Å². The van der Waals surface area contributed by atoms with E-state index in [1.54, 1.807) is 24.3 Å². The molecule has 0 saturated carbocycles. The van der Waals surface area contributed by atoms with Crippen molar-refractivity contribution in [2.24, 2.45) is 5.10 Å². The third-order valence-corrected chi connectivity index (χ3v) is 6.09. The number of hydrazone groups is 1. The van der Waals surface area contributed by atoms with E-state index in [9.17, 15) is 22.8 Å². The largest absolute Gasteiger partial charge is 0.573 e. The number of hydrogen-bond donors (Lipinski definition) is 0. The molecular formula is C26H21ClF3N3O4. The van der Waals surface area contributed by atoms with Crippen LogP contribution in [0.3, 0.4) is 0 Å². The van der Waals surface area contributed by atoms with Crippen LogP contribution in [-0.4, -0.2) is 42.9 Å². The second-order valence-electron chi connectivity index (χ2n) is 8.34. The first-order chi connectivity index (χ1) is 17.5. The predicted octanol–water partition coefficient (Wildman–Crippen LogP) is 6.61. The highest BCUT2D eigenvalue weighted by Gasteiger charge is 2.45. The van der Waals surface area contributed by atoms with Gasteiger partial charge in [-0.25, -0.2) is 14.6 Å². The topological polar surface area (TPSA) is 71.4 Å². The zero-order chi connectivity index (χ0) is 26.8. The van der Waals surface area contributed by atoms with Crippen molar-refractivity contribution in [1.29, 1.82) is 0 Å². The maximum Gasteiger partial charge on any atom is 0.573 e. The van der Waals surface area contributed by atoms with Gasteiger partial charge in [-0.1, -0.05) is 54.1 Å². The molecule has 7 nitrogen and oxygen atoms in total. The van der Waals surface area contributed by atoms with Gasteiger partial charge in [-0.05, 0) is 54.4 Å². The van der Waals surface area contributed by atoms with Gasteiger partial charge in [0.2, 0.25) is 0 Å². The minimum Gasteiger partial charge on any atom is -0.452 e. The van der Waals surface area contributed by atoms with Crippen LogP contribution in [0.25, 0.3) is 0 Å². The molecule has 1 atom stereocenters. The number of amides is 3. The first-order valence-electron chi connectivity index (χ1n) is 11.0. The first-order valence-corrected chi connectivity index (χ1v) is 11.4. The SMILES string of the molecule is COC(=O)N(C(=O)N1CC(C)(c2ccccc2)C(c2ccc(Cl)cc2)=N1)c1ccc(OC(F)(F)F)cc1. The zero-order valence-electron chi connectivity index (χ0n) is 19.7.